The van der Waals surface area contributed by atoms with Crippen molar-refractivity contribution in [2.75, 3.05) is 10.6 Å². The van der Waals surface area contributed by atoms with Crippen molar-refractivity contribution in [2.24, 2.45) is 0 Å². The second kappa shape index (κ2) is 9.75. The first-order valence-corrected chi connectivity index (χ1v) is 10.1. The molecule has 0 aliphatic carbocycles. The van der Waals surface area contributed by atoms with E-state index in [1.165, 1.54) is 24.5 Å². The molecule has 0 spiro atoms. The van der Waals surface area contributed by atoms with Gasteiger partial charge in [0.25, 0.3) is 5.56 Å². The summed E-state index contributed by atoms with van der Waals surface area (Å²) in [5.74, 6) is -2.33. The van der Waals surface area contributed by atoms with Crippen molar-refractivity contribution in [3.8, 4) is 0 Å². The third kappa shape index (κ3) is 5.92. The normalized spacial score (nSPS) is 10.5. The van der Waals surface area contributed by atoms with Crippen LogP contribution in [0.25, 0.3) is 0 Å². The van der Waals surface area contributed by atoms with Crippen LogP contribution in [-0.4, -0.2) is 30.9 Å². The summed E-state index contributed by atoms with van der Waals surface area (Å²) >= 11 is 6.41. The van der Waals surface area contributed by atoms with Crippen LogP contribution in [0.5, 0.6) is 0 Å². The zero-order valence-corrected chi connectivity index (χ0v) is 18.7. The Hall–Kier alpha value is -3.19. The van der Waals surface area contributed by atoms with Crippen molar-refractivity contribution in [1.82, 2.24) is 19.1 Å². The van der Waals surface area contributed by atoms with E-state index in [0.717, 1.165) is 0 Å². The zero-order valence-electron chi connectivity index (χ0n) is 15.5. The van der Waals surface area contributed by atoms with E-state index in [0.29, 0.717) is 24.3 Å². The summed E-state index contributed by atoms with van der Waals surface area (Å²) in [4.78, 5) is 56.9. The molecule has 3 rings (SSSR count). The maximum absolute atomic E-state index is 14.1. The van der Waals surface area contributed by atoms with Gasteiger partial charge in [-0.3, -0.25) is 19.0 Å². The molecule has 2 amide bonds. The van der Waals surface area contributed by atoms with E-state index in [4.69, 9.17) is 0 Å². The number of pyridine rings is 2. The molecule has 0 radical (unpaired) electrons. The van der Waals surface area contributed by atoms with Crippen molar-refractivity contribution in [2.45, 2.75) is 13.1 Å². The second-order valence-electron chi connectivity index (χ2n) is 6.10. The summed E-state index contributed by atoms with van der Waals surface area (Å²) in [5, 5.41) is 4.84. The fraction of sp³-hybridized carbons (Fsp3) is 0.111. The first-order chi connectivity index (χ1) is 14.7. The Balaban J connectivity index is 1.77. The van der Waals surface area contributed by atoms with Crippen LogP contribution >= 0.6 is 31.9 Å². The highest BCUT2D eigenvalue weighted by Crippen LogP contribution is 2.11. The Morgan fingerprint density at radius 2 is 1.42 bits per heavy atom. The Kier molecular flexibility index (Phi) is 7.07. The molecular weight excluding hydrogens is 543 g/mol. The van der Waals surface area contributed by atoms with Crippen molar-refractivity contribution in [3.63, 3.8) is 0 Å². The lowest BCUT2D eigenvalue weighted by Gasteiger charge is -2.11. The summed E-state index contributed by atoms with van der Waals surface area (Å²) in [7, 11) is 0. The smallest absolute Gasteiger partial charge is 0.309 e. The highest BCUT2D eigenvalue weighted by Gasteiger charge is 2.16. The molecule has 3 heterocycles. The van der Waals surface area contributed by atoms with Crippen LogP contribution < -0.4 is 21.9 Å². The number of anilines is 2. The lowest BCUT2D eigenvalue weighted by Crippen LogP contribution is -2.44. The number of carbonyl (C=O) groups excluding carboxylic acids is 2. The first kappa shape index (κ1) is 22.5. The maximum atomic E-state index is 14.1. The topological polar surface area (TPSA) is 128 Å². The van der Waals surface area contributed by atoms with Gasteiger partial charge in [-0.25, -0.2) is 19.3 Å². The fourth-order valence-corrected chi connectivity index (χ4v) is 2.90. The number of nitrogens with one attached hydrogen (secondary N) is 2. The number of halogens is 3. The molecule has 13 heteroatoms. The SMILES string of the molecule is O=C(Cn1cc(F)c(=O)n(CC(=O)Nc2ccc(Br)cn2)c1=O)Nc1ccc(Br)cn1. The van der Waals surface area contributed by atoms with Crippen LogP contribution in [0.3, 0.4) is 0 Å². The Morgan fingerprint density at radius 1 is 0.903 bits per heavy atom. The van der Waals surface area contributed by atoms with Gasteiger partial charge in [-0.15, -0.1) is 0 Å². The van der Waals surface area contributed by atoms with Gasteiger partial charge in [0.1, 0.15) is 24.7 Å². The highest BCUT2D eigenvalue weighted by molar-refractivity contribution is 9.10. The summed E-state index contributed by atoms with van der Waals surface area (Å²) in [5.41, 5.74) is -2.31. The molecule has 31 heavy (non-hydrogen) atoms. The van der Waals surface area contributed by atoms with Crippen LogP contribution in [-0.2, 0) is 22.7 Å². The number of carbonyl (C=O) groups is 2. The van der Waals surface area contributed by atoms with Gasteiger partial charge < -0.3 is 10.6 Å². The highest BCUT2D eigenvalue weighted by atomic mass is 79.9. The fourth-order valence-electron chi connectivity index (χ4n) is 2.43. The lowest BCUT2D eigenvalue weighted by atomic mass is 10.4. The number of amides is 2. The molecule has 0 aliphatic rings. The molecule has 0 aromatic carbocycles. The zero-order chi connectivity index (χ0) is 22.5. The van der Waals surface area contributed by atoms with Gasteiger partial charge in [-0.05, 0) is 56.1 Å². The van der Waals surface area contributed by atoms with Gasteiger partial charge in [0.15, 0.2) is 0 Å². The number of hydrogen-bond donors (Lipinski definition) is 2. The average molecular weight is 556 g/mol. The molecule has 2 N–H and O–H groups in total. The number of hydrogen-bond acceptors (Lipinski definition) is 6. The van der Waals surface area contributed by atoms with Crippen LogP contribution in [0.2, 0.25) is 0 Å². The minimum Gasteiger partial charge on any atom is -0.309 e. The van der Waals surface area contributed by atoms with Crippen LogP contribution in [0.4, 0.5) is 16.0 Å². The largest absolute Gasteiger partial charge is 0.332 e. The van der Waals surface area contributed by atoms with E-state index in [1.54, 1.807) is 12.1 Å². The van der Waals surface area contributed by atoms with E-state index in [1.807, 2.05) is 0 Å². The molecule has 0 saturated heterocycles. The van der Waals surface area contributed by atoms with E-state index < -0.39 is 42.0 Å². The van der Waals surface area contributed by atoms with Gasteiger partial charge >= 0.3 is 5.69 Å². The second-order valence-corrected chi connectivity index (χ2v) is 7.93. The third-order valence-corrected chi connectivity index (χ3v) is 4.74. The van der Waals surface area contributed by atoms with Gasteiger partial charge in [0.05, 0.1) is 6.20 Å². The van der Waals surface area contributed by atoms with E-state index in [9.17, 15) is 23.6 Å². The standard InChI is InChI=1S/C18H13Br2FN6O4/c19-10-1-3-13(22-5-10)24-15(28)8-26-7-12(21)17(30)27(18(26)31)9-16(29)25-14-4-2-11(20)6-23-14/h1-7H,8-9H2,(H,22,24,28)(H,23,25,29). The molecule has 160 valence electrons. The molecule has 0 fully saturated rings. The van der Waals surface area contributed by atoms with Crippen molar-refractivity contribution >= 4 is 55.3 Å². The summed E-state index contributed by atoms with van der Waals surface area (Å²) in [6, 6.07) is 6.29. The third-order valence-electron chi connectivity index (χ3n) is 3.80. The van der Waals surface area contributed by atoms with Gasteiger partial charge in [-0.1, -0.05) is 0 Å². The maximum Gasteiger partial charge on any atom is 0.332 e. The average Bonchev–Trinajstić information content (AvgIpc) is 2.73. The molecule has 10 nitrogen and oxygen atoms in total. The quantitative estimate of drug-likeness (QED) is 0.477. The molecule has 0 atom stereocenters. The van der Waals surface area contributed by atoms with Crippen molar-refractivity contribution in [3.05, 3.63) is 78.5 Å². The number of aromatic nitrogens is 4. The van der Waals surface area contributed by atoms with E-state index >= 15 is 0 Å². The van der Waals surface area contributed by atoms with Gasteiger partial charge in [-0.2, -0.15) is 4.39 Å². The predicted octanol–water partition coefficient (Wildman–Crippen LogP) is 1.74. The van der Waals surface area contributed by atoms with Crippen molar-refractivity contribution in [1.29, 1.82) is 0 Å². The van der Waals surface area contributed by atoms with Crippen LogP contribution in [0, 0.1) is 5.82 Å². The predicted molar refractivity (Wildman–Crippen MR) is 116 cm³/mol. The summed E-state index contributed by atoms with van der Waals surface area (Å²) in [6.07, 6.45) is 3.51. The molecule has 3 aromatic heterocycles. The van der Waals surface area contributed by atoms with E-state index in [-0.39, 0.29) is 11.6 Å². The number of rotatable bonds is 6. The summed E-state index contributed by atoms with van der Waals surface area (Å²) in [6.45, 7) is -1.35. The Labute approximate surface area is 190 Å². The lowest BCUT2D eigenvalue weighted by molar-refractivity contribution is -0.117. The molecule has 0 bridgehead atoms. The Bertz CT molecular complexity index is 1240. The Morgan fingerprint density at radius 3 is 1.90 bits per heavy atom. The molecule has 0 aliphatic heterocycles. The molecular formula is C18H13Br2FN6O4. The van der Waals surface area contributed by atoms with Crippen LogP contribution in [0.15, 0.2) is 61.4 Å². The molecule has 0 saturated carbocycles. The van der Waals surface area contributed by atoms with Crippen LogP contribution in [0.1, 0.15) is 0 Å². The monoisotopic (exact) mass is 554 g/mol. The van der Waals surface area contributed by atoms with Gasteiger partial charge in [0.2, 0.25) is 17.6 Å². The molecule has 3 aromatic rings. The molecule has 0 unspecified atom stereocenters. The number of nitrogens with zero attached hydrogens (tertiary/aromatic N) is 4. The van der Waals surface area contributed by atoms with E-state index in [2.05, 4.69) is 52.5 Å². The van der Waals surface area contributed by atoms with Gasteiger partial charge in [0, 0.05) is 21.3 Å². The minimum atomic E-state index is -1.29. The van der Waals surface area contributed by atoms with Crippen molar-refractivity contribution < 1.29 is 14.0 Å². The first-order valence-electron chi connectivity index (χ1n) is 8.55. The minimum absolute atomic E-state index is 0.180. The summed E-state index contributed by atoms with van der Waals surface area (Å²) < 4.78 is 16.5.